The number of aromatic nitrogens is 4. The first-order chi connectivity index (χ1) is 14.1. The van der Waals surface area contributed by atoms with Crippen LogP contribution in [0.1, 0.15) is 24.2 Å². The zero-order chi connectivity index (χ0) is 20.4. The SMILES string of the molecule is CC(Nc1ncnc(N)c1C#N)c1nnc2ccccc2c1-c1cccc(F)c1. The van der Waals surface area contributed by atoms with Crippen molar-refractivity contribution in [2.75, 3.05) is 11.1 Å². The largest absolute Gasteiger partial charge is 0.382 e. The molecular formula is C21H16FN7. The highest BCUT2D eigenvalue weighted by Crippen LogP contribution is 2.34. The lowest BCUT2D eigenvalue weighted by molar-refractivity contribution is 0.628. The molecule has 29 heavy (non-hydrogen) atoms. The van der Waals surface area contributed by atoms with Gasteiger partial charge in [0.25, 0.3) is 0 Å². The van der Waals surface area contributed by atoms with E-state index in [1.807, 2.05) is 43.3 Å². The number of nitrogens with two attached hydrogens (primary N) is 1. The van der Waals surface area contributed by atoms with Gasteiger partial charge in [-0.1, -0.05) is 30.3 Å². The monoisotopic (exact) mass is 385 g/mol. The highest BCUT2D eigenvalue weighted by atomic mass is 19.1. The Kier molecular flexibility index (Phi) is 4.71. The average molecular weight is 385 g/mol. The molecule has 2 heterocycles. The third-order valence-corrected chi connectivity index (χ3v) is 4.56. The number of hydrogen-bond donors (Lipinski definition) is 2. The van der Waals surface area contributed by atoms with Gasteiger partial charge in [0, 0.05) is 10.9 Å². The van der Waals surface area contributed by atoms with E-state index in [0.29, 0.717) is 22.6 Å². The topological polar surface area (TPSA) is 113 Å². The fourth-order valence-corrected chi connectivity index (χ4v) is 3.21. The fourth-order valence-electron chi connectivity index (χ4n) is 3.21. The quantitative estimate of drug-likeness (QED) is 0.548. The van der Waals surface area contributed by atoms with Crippen LogP contribution in [0.2, 0.25) is 0 Å². The molecule has 2 aromatic heterocycles. The molecule has 0 bridgehead atoms. The smallest absolute Gasteiger partial charge is 0.150 e. The van der Waals surface area contributed by atoms with Gasteiger partial charge in [-0.25, -0.2) is 14.4 Å². The van der Waals surface area contributed by atoms with Crippen LogP contribution >= 0.6 is 0 Å². The summed E-state index contributed by atoms with van der Waals surface area (Å²) in [5.74, 6) is 0.0464. The Morgan fingerprint density at radius 2 is 1.93 bits per heavy atom. The minimum absolute atomic E-state index is 0.0900. The normalized spacial score (nSPS) is 11.8. The number of halogens is 1. The summed E-state index contributed by atoms with van der Waals surface area (Å²) in [6.45, 7) is 1.86. The van der Waals surface area contributed by atoms with Gasteiger partial charge in [-0.2, -0.15) is 15.5 Å². The minimum atomic E-state index is -0.397. The van der Waals surface area contributed by atoms with Gasteiger partial charge in [0.2, 0.25) is 0 Å². The number of nitrogens with zero attached hydrogens (tertiary/aromatic N) is 5. The zero-order valence-corrected chi connectivity index (χ0v) is 15.5. The van der Waals surface area contributed by atoms with Crippen molar-refractivity contribution in [3.8, 4) is 17.2 Å². The van der Waals surface area contributed by atoms with Crippen molar-refractivity contribution in [2.24, 2.45) is 0 Å². The van der Waals surface area contributed by atoms with Crippen molar-refractivity contribution in [2.45, 2.75) is 13.0 Å². The molecule has 1 unspecified atom stereocenters. The summed E-state index contributed by atoms with van der Waals surface area (Å²) in [6, 6.07) is 15.5. The van der Waals surface area contributed by atoms with Gasteiger partial charge in [0.05, 0.1) is 17.3 Å². The molecule has 1 atom stereocenters. The molecule has 0 amide bonds. The van der Waals surface area contributed by atoms with Crippen molar-refractivity contribution in [1.29, 1.82) is 5.26 Å². The second kappa shape index (κ2) is 7.48. The molecule has 2 aromatic carbocycles. The number of hydrogen-bond acceptors (Lipinski definition) is 7. The molecular weight excluding hydrogens is 369 g/mol. The van der Waals surface area contributed by atoms with E-state index in [2.05, 4.69) is 25.5 Å². The molecule has 0 aliphatic heterocycles. The summed E-state index contributed by atoms with van der Waals surface area (Å²) in [5, 5.41) is 22.1. The van der Waals surface area contributed by atoms with Crippen LogP contribution in [-0.2, 0) is 0 Å². The predicted molar refractivity (Wildman–Crippen MR) is 108 cm³/mol. The minimum Gasteiger partial charge on any atom is -0.382 e. The third-order valence-electron chi connectivity index (χ3n) is 4.56. The molecule has 142 valence electrons. The van der Waals surface area contributed by atoms with E-state index in [-0.39, 0.29) is 17.2 Å². The first-order valence-corrected chi connectivity index (χ1v) is 8.87. The summed E-state index contributed by atoms with van der Waals surface area (Å²) >= 11 is 0. The van der Waals surface area contributed by atoms with E-state index in [1.54, 1.807) is 6.07 Å². The first-order valence-electron chi connectivity index (χ1n) is 8.87. The number of nitrogen functional groups attached to an aromatic ring is 1. The Hall–Kier alpha value is -4.12. The van der Waals surface area contributed by atoms with Crippen LogP contribution in [0.5, 0.6) is 0 Å². The molecule has 0 aliphatic carbocycles. The van der Waals surface area contributed by atoms with Gasteiger partial charge in [0.15, 0.2) is 0 Å². The predicted octanol–water partition coefficient (Wildman–Crippen LogP) is 3.85. The van der Waals surface area contributed by atoms with Crippen molar-refractivity contribution in [3.63, 3.8) is 0 Å². The second-order valence-corrected chi connectivity index (χ2v) is 6.45. The average Bonchev–Trinajstić information content (AvgIpc) is 2.73. The molecule has 0 aliphatic rings. The van der Waals surface area contributed by atoms with Gasteiger partial charge in [-0.3, -0.25) is 0 Å². The number of fused-ring (bicyclic) bond motifs is 1. The van der Waals surface area contributed by atoms with Crippen molar-refractivity contribution < 1.29 is 4.39 Å². The van der Waals surface area contributed by atoms with Crippen molar-refractivity contribution in [3.05, 3.63) is 71.9 Å². The fraction of sp³-hybridized carbons (Fsp3) is 0.0952. The highest BCUT2D eigenvalue weighted by molar-refractivity contribution is 5.95. The van der Waals surface area contributed by atoms with E-state index < -0.39 is 6.04 Å². The van der Waals surface area contributed by atoms with E-state index in [9.17, 15) is 9.65 Å². The molecule has 0 spiro atoms. The molecule has 0 radical (unpaired) electrons. The number of anilines is 2. The second-order valence-electron chi connectivity index (χ2n) is 6.45. The Morgan fingerprint density at radius 3 is 2.72 bits per heavy atom. The number of nitriles is 1. The lowest BCUT2D eigenvalue weighted by atomic mass is 9.96. The molecule has 3 N–H and O–H groups in total. The first kappa shape index (κ1) is 18.3. The number of benzene rings is 2. The van der Waals surface area contributed by atoms with Crippen LogP contribution in [0.15, 0.2) is 54.9 Å². The maximum absolute atomic E-state index is 14.0. The highest BCUT2D eigenvalue weighted by Gasteiger charge is 2.20. The maximum Gasteiger partial charge on any atom is 0.150 e. The summed E-state index contributed by atoms with van der Waals surface area (Å²) in [6.07, 6.45) is 1.28. The van der Waals surface area contributed by atoms with Gasteiger partial charge >= 0.3 is 0 Å². The van der Waals surface area contributed by atoms with E-state index in [4.69, 9.17) is 5.73 Å². The van der Waals surface area contributed by atoms with Crippen molar-refractivity contribution in [1.82, 2.24) is 20.2 Å². The lowest BCUT2D eigenvalue weighted by Crippen LogP contribution is -2.14. The van der Waals surface area contributed by atoms with Crippen LogP contribution in [0.25, 0.3) is 22.0 Å². The Bertz CT molecular complexity index is 1250. The van der Waals surface area contributed by atoms with Gasteiger partial charge in [-0.05, 0) is 30.7 Å². The molecule has 8 heteroatoms. The third kappa shape index (κ3) is 3.41. The maximum atomic E-state index is 14.0. The van der Waals surface area contributed by atoms with Crippen molar-refractivity contribution >= 4 is 22.5 Å². The van der Waals surface area contributed by atoms with E-state index >= 15 is 0 Å². The summed E-state index contributed by atoms with van der Waals surface area (Å²) < 4.78 is 14.0. The van der Waals surface area contributed by atoms with Gasteiger partial charge in [-0.15, -0.1) is 0 Å². The van der Waals surface area contributed by atoms with Gasteiger partial charge < -0.3 is 11.1 Å². The van der Waals surface area contributed by atoms with Crippen LogP contribution in [0, 0.1) is 17.1 Å². The van der Waals surface area contributed by atoms with Crippen LogP contribution in [0.4, 0.5) is 16.0 Å². The van der Waals surface area contributed by atoms with E-state index in [1.165, 1.54) is 18.5 Å². The summed E-state index contributed by atoms with van der Waals surface area (Å²) in [5.41, 5.74) is 8.66. The summed E-state index contributed by atoms with van der Waals surface area (Å²) in [7, 11) is 0. The molecule has 0 saturated carbocycles. The Morgan fingerprint density at radius 1 is 1.10 bits per heavy atom. The molecule has 7 nitrogen and oxygen atoms in total. The van der Waals surface area contributed by atoms with Crippen LogP contribution < -0.4 is 11.1 Å². The standard InChI is InChI=1S/C21H16FN7/c1-12(27-21-16(10-23)20(24)25-11-26-21)19-18(13-5-4-6-14(22)9-13)15-7-2-3-8-17(15)28-29-19/h2-9,11-12H,1H3,(H3,24,25,26,27). The molecule has 0 fully saturated rings. The number of rotatable bonds is 4. The Labute approximate surface area is 166 Å². The molecule has 4 rings (SSSR count). The van der Waals surface area contributed by atoms with Crippen LogP contribution in [-0.4, -0.2) is 20.2 Å². The lowest BCUT2D eigenvalue weighted by Gasteiger charge is -2.19. The zero-order valence-electron chi connectivity index (χ0n) is 15.5. The van der Waals surface area contributed by atoms with E-state index in [0.717, 1.165) is 10.9 Å². The van der Waals surface area contributed by atoms with Crippen LogP contribution in [0.3, 0.4) is 0 Å². The molecule has 4 aromatic rings. The molecule has 0 saturated heterocycles. The number of nitrogens with one attached hydrogen (secondary N) is 1. The van der Waals surface area contributed by atoms with Gasteiger partial charge in [0.1, 0.15) is 35.4 Å². The Balaban J connectivity index is 1.87. The summed E-state index contributed by atoms with van der Waals surface area (Å²) in [4.78, 5) is 7.96.